The lowest BCUT2D eigenvalue weighted by Gasteiger charge is -2.06. The van der Waals surface area contributed by atoms with Gasteiger partial charge in [-0.25, -0.2) is 13.6 Å². The highest BCUT2D eigenvalue weighted by Crippen LogP contribution is 2.28. The Kier molecular flexibility index (Phi) is 5.58. The van der Waals surface area contributed by atoms with Gasteiger partial charge in [0.05, 0.1) is 0 Å². The topological polar surface area (TPSA) is 55.4 Å². The molecule has 4 nitrogen and oxygen atoms in total. The number of hydrogen-bond donors (Lipinski definition) is 1. The van der Waals surface area contributed by atoms with E-state index >= 15 is 0 Å². The number of benzene rings is 2. The Labute approximate surface area is 152 Å². The monoisotopic (exact) mass is 375 g/mol. The Morgan fingerprint density at radius 3 is 2.58 bits per heavy atom. The number of amides is 1. The van der Waals surface area contributed by atoms with E-state index in [9.17, 15) is 18.4 Å². The van der Waals surface area contributed by atoms with Gasteiger partial charge in [0, 0.05) is 16.6 Å². The summed E-state index contributed by atoms with van der Waals surface area (Å²) in [6, 6.07) is 12.0. The van der Waals surface area contributed by atoms with E-state index in [4.69, 9.17) is 4.74 Å². The molecule has 0 bridgehead atoms. The Morgan fingerprint density at radius 2 is 1.85 bits per heavy atom. The molecule has 3 aromatic rings. The summed E-state index contributed by atoms with van der Waals surface area (Å²) in [5, 5.41) is 2.98. The predicted octanol–water partition coefficient (Wildman–Crippen LogP) is 3.70. The van der Waals surface area contributed by atoms with Crippen LogP contribution >= 0.6 is 11.3 Å². The van der Waals surface area contributed by atoms with Crippen LogP contribution in [0.25, 0.3) is 10.1 Å². The van der Waals surface area contributed by atoms with Gasteiger partial charge in [-0.05, 0) is 42.3 Å². The second-order valence-corrected chi connectivity index (χ2v) is 6.65. The minimum Gasteiger partial charge on any atom is -0.451 e. The molecule has 0 unspecified atom stereocenters. The molecule has 1 heterocycles. The number of nitrogens with one attached hydrogen (secondary N) is 1. The highest BCUT2D eigenvalue weighted by molar-refractivity contribution is 7.20. The first kappa shape index (κ1) is 18.0. The van der Waals surface area contributed by atoms with E-state index in [1.807, 2.05) is 0 Å². The molecule has 1 aromatic heterocycles. The molecule has 2 aromatic carbocycles. The van der Waals surface area contributed by atoms with E-state index in [0.717, 1.165) is 16.9 Å². The van der Waals surface area contributed by atoms with Crippen LogP contribution in [0.5, 0.6) is 0 Å². The fourth-order valence-corrected chi connectivity index (χ4v) is 3.35. The van der Waals surface area contributed by atoms with Crippen LogP contribution in [0.4, 0.5) is 8.78 Å². The third kappa shape index (κ3) is 4.43. The van der Waals surface area contributed by atoms with Gasteiger partial charge in [0.1, 0.15) is 16.5 Å². The summed E-state index contributed by atoms with van der Waals surface area (Å²) in [5.74, 6) is -1.82. The van der Waals surface area contributed by atoms with E-state index < -0.39 is 24.3 Å². The quantitative estimate of drug-likeness (QED) is 0.669. The van der Waals surface area contributed by atoms with Gasteiger partial charge in [-0.3, -0.25) is 4.79 Å². The highest BCUT2D eigenvalue weighted by Gasteiger charge is 2.15. The van der Waals surface area contributed by atoms with Gasteiger partial charge in [-0.2, -0.15) is 0 Å². The maximum atomic E-state index is 13.6. The first-order valence-electron chi connectivity index (χ1n) is 7.89. The van der Waals surface area contributed by atoms with Gasteiger partial charge in [0.2, 0.25) is 0 Å². The molecule has 3 rings (SSSR count). The number of carbonyl (C=O) groups is 2. The van der Waals surface area contributed by atoms with Crippen LogP contribution in [0.15, 0.2) is 48.5 Å². The number of fused-ring (bicyclic) bond motifs is 1. The van der Waals surface area contributed by atoms with Crippen LogP contribution in [0.3, 0.4) is 0 Å². The molecule has 0 aliphatic carbocycles. The lowest BCUT2D eigenvalue weighted by molar-refractivity contribution is -0.124. The molecule has 0 saturated heterocycles. The molecule has 0 aliphatic heterocycles. The Bertz CT molecular complexity index is 938. The van der Waals surface area contributed by atoms with Crippen molar-refractivity contribution >= 4 is 33.3 Å². The lowest BCUT2D eigenvalue weighted by Crippen LogP contribution is -2.30. The first-order valence-corrected chi connectivity index (χ1v) is 8.71. The summed E-state index contributed by atoms with van der Waals surface area (Å²) in [6.45, 7) is -0.0743. The molecule has 0 spiro atoms. The fourth-order valence-electron chi connectivity index (χ4n) is 2.38. The third-order valence-electron chi connectivity index (χ3n) is 3.69. The lowest BCUT2D eigenvalue weighted by atomic mass is 10.1. The normalized spacial score (nSPS) is 10.7. The van der Waals surface area contributed by atoms with Crippen LogP contribution < -0.4 is 5.32 Å². The van der Waals surface area contributed by atoms with Gasteiger partial charge in [0.25, 0.3) is 5.91 Å². The molecule has 0 aliphatic rings. The zero-order valence-corrected chi connectivity index (χ0v) is 14.4. The molecule has 26 heavy (non-hydrogen) atoms. The molecule has 0 radical (unpaired) electrons. The number of ether oxygens (including phenoxy) is 1. The van der Waals surface area contributed by atoms with Crippen molar-refractivity contribution in [3.05, 3.63) is 70.6 Å². The molecule has 0 fully saturated rings. The van der Waals surface area contributed by atoms with Crippen molar-refractivity contribution in [3.63, 3.8) is 0 Å². The highest BCUT2D eigenvalue weighted by atomic mass is 32.1. The van der Waals surface area contributed by atoms with Gasteiger partial charge in [-0.15, -0.1) is 11.3 Å². The van der Waals surface area contributed by atoms with Crippen molar-refractivity contribution in [2.75, 3.05) is 13.2 Å². The minimum atomic E-state index is -0.667. The van der Waals surface area contributed by atoms with Crippen molar-refractivity contribution in [2.24, 2.45) is 0 Å². The van der Waals surface area contributed by atoms with Crippen LogP contribution in [-0.2, 0) is 16.0 Å². The molecule has 0 saturated carbocycles. The smallest absolute Gasteiger partial charge is 0.348 e. The molecule has 1 N–H and O–H groups in total. The van der Waals surface area contributed by atoms with Crippen molar-refractivity contribution in [1.29, 1.82) is 0 Å². The predicted molar refractivity (Wildman–Crippen MR) is 95.2 cm³/mol. The molecule has 7 heteroatoms. The summed E-state index contributed by atoms with van der Waals surface area (Å²) >= 11 is 1.11. The molecular formula is C19H15F2NO3S. The van der Waals surface area contributed by atoms with E-state index in [1.165, 1.54) is 24.3 Å². The Morgan fingerprint density at radius 1 is 1.08 bits per heavy atom. The Balaban J connectivity index is 1.46. The van der Waals surface area contributed by atoms with Crippen molar-refractivity contribution < 1.29 is 23.1 Å². The summed E-state index contributed by atoms with van der Waals surface area (Å²) < 4.78 is 32.1. The van der Waals surface area contributed by atoms with E-state index in [1.54, 1.807) is 24.3 Å². The van der Waals surface area contributed by atoms with Crippen molar-refractivity contribution in [2.45, 2.75) is 6.42 Å². The second-order valence-electron chi connectivity index (χ2n) is 5.56. The molecule has 134 valence electrons. The zero-order valence-electron chi connectivity index (χ0n) is 13.6. The zero-order chi connectivity index (χ0) is 18.5. The van der Waals surface area contributed by atoms with Gasteiger partial charge in [-0.1, -0.05) is 18.2 Å². The maximum Gasteiger partial charge on any atom is 0.348 e. The van der Waals surface area contributed by atoms with Gasteiger partial charge in [0.15, 0.2) is 6.61 Å². The SMILES string of the molecule is O=C(COC(=O)c1cc2c(F)cccc2s1)NCCc1ccc(F)cc1. The number of esters is 1. The third-order valence-corrected chi connectivity index (χ3v) is 4.77. The largest absolute Gasteiger partial charge is 0.451 e. The summed E-state index contributed by atoms with van der Waals surface area (Å²) in [6.07, 6.45) is 0.537. The Hall–Kier alpha value is -2.80. The van der Waals surface area contributed by atoms with Crippen molar-refractivity contribution in [1.82, 2.24) is 5.32 Å². The first-order chi connectivity index (χ1) is 12.5. The number of rotatable bonds is 6. The number of hydrogen-bond acceptors (Lipinski definition) is 4. The summed E-state index contributed by atoms with van der Waals surface area (Å²) in [4.78, 5) is 24.0. The van der Waals surface area contributed by atoms with Gasteiger partial charge < -0.3 is 10.1 Å². The second kappa shape index (κ2) is 8.05. The van der Waals surface area contributed by atoms with E-state index in [0.29, 0.717) is 23.1 Å². The van der Waals surface area contributed by atoms with E-state index in [-0.39, 0.29) is 10.7 Å². The molecular weight excluding hydrogens is 360 g/mol. The van der Waals surface area contributed by atoms with Crippen molar-refractivity contribution in [3.8, 4) is 0 Å². The number of thiophene rings is 1. The van der Waals surface area contributed by atoms with Crippen LogP contribution in [0.1, 0.15) is 15.2 Å². The summed E-state index contributed by atoms with van der Waals surface area (Å²) in [5.41, 5.74) is 0.885. The number of halogens is 2. The average Bonchev–Trinajstić information content (AvgIpc) is 3.07. The van der Waals surface area contributed by atoms with Gasteiger partial charge >= 0.3 is 5.97 Å². The van der Waals surface area contributed by atoms with E-state index in [2.05, 4.69) is 5.32 Å². The summed E-state index contributed by atoms with van der Waals surface area (Å²) in [7, 11) is 0. The maximum absolute atomic E-state index is 13.6. The fraction of sp³-hybridized carbons (Fsp3) is 0.158. The number of carbonyl (C=O) groups excluding carboxylic acids is 2. The standard InChI is InChI=1S/C19H15F2NO3S/c20-13-6-4-12(5-7-13)8-9-22-18(23)11-25-19(24)17-10-14-15(21)2-1-3-16(14)26-17/h1-7,10H,8-9,11H2,(H,22,23). The molecule has 0 atom stereocenters. The molecule has 1 amide bonds. The minimum absolute atomic E-state index is 0.240. The van der Waals surface area contributed by atoms with Crippen LogP contribution in [-0.4, -0.2) is 25.0 Å². The average molecular weight is 375 g/mol. The van der Waals surface area contributed by atoms with Crippen LogP contribution in [0, 0.1) is 11.6 Å². The van der Waals surface area contributed by atoms with Crippen LogP contribution in [0.2, 0.25) is 0 Å².